The van der Waals surface area contributed by atoms with Crippen LogP contribution < -0.4 is 0 Å². The first-order valence-electron chi connectivity index (χ1n) is 4.94. The summed E-state index contributed by atoms with van der Waals surface area (Å²) in [6.07, 6.45) is 0. The van der Waals surface area contributed by atoms with Gasteiger partial charge in [-0.05, 0) is 12.1 Å². The molecule has 0 saturated heterocycles. The molecule has 2 aromatic rings. The maximum atomic E-state index is 11.9. The van der Waals surface area contributed by atoms with Crippen molar-refractivity contribution in [1.82, 2.24) is 15.0 Å². The van der Waals surface area contributed by atoms with Crippen molar-refractivity contribution in [3.8, 4) is 0 Å². The van der Waals surface area contributed by atoms with Gasteiger partial charge in [0.1, 0.15) is 5.52 Å². The molecule has 0 spiro atoms. The minimum absolute atomic E-state index is 0.00880. The number of nitrogens with zero attached hydrogens (tertiary/aromatic N) is 3. The molecule has 2 rings (SSSR count). The van der Waals surface area contributed by atoms with E-state index in [1.807, 2.05) is 32.0 Å². The smallest absolute Gasteiger partial charge is 0.167 e. The van der Waals surface area contributed by atoms with Crippen molar-refractivity contribution in [2.45, 2.75) is 13.8 Å². The highest BCUT2D eigenvalue weighted by Crippen LogP contribution is 2.18. The number of hydrogen-bond donors (Lipinski definition) is 0. The minimum atomic E-state index is -0.00880. The number of ketones is 1. The number of carbonyl (C=O) groups excluding carboxylic acids is 1. The van der Waals surface area contributed by atoms with Crippen molar-refractivity contribution in [1.29, 1.82) is 0 Å². The zero-order chi connectivity index (χ0) is 11.0. The molecular formula is C11H13N3O. The van der Waals surface area contributed by atoms with Gasteiger partial charge in [-0.2, -0.15) is 0 Å². The summed E-state index contributed by atoms with van der Waals surface area (Å²) < 4.78 is 1.64. The highest BCUT2D eigenvalue weighted by Gasteiger charge is 2.16. The Morgan fingerprint density at radius 2 is 2.13 bits per heavy atom. The Hall–Kier alpha value is -1.71. The van der Waals surface area contributed by atoms with Crippen molar-refractivity contribution in [3.63, 3.8) is 0 Å². The number of Topliss-reactive ketones (excluding diaryl/α,β-unsaturated/α-hetero) is 1. The summed E-state index contributed by atoms with van der Waals surface area (Å²) in [5.74, 6) is 0.122. The van der Waals surface area contributed by atoms with Crippen LogP contribution in [0.3, 0.4) is 0 Å². The summed E-state index contributed by atoms with van der Waals surface area (Å²) in [4.78, 5) is 11.9. The van der Waals surface area contributed by atoms with E-state index in [9.17, 15) is 4.79 Å². The molecule has 78 valence electrons. The van der Waals surface area contributed by atoms with Crippen molar-refractivity contribution < 1.29 is 4.79 Å². The number of fused-ring (bicyclic) bond motifs is 1. The predicted octanol–water partition coefficient (Wildman–Crippen LogP) is 1.81. The molecule has 1 aromatic heterocycles. The van der Waals surface area contributed by atoms with Crippen molar-refractivity contribution in [2.75, 3.05) is 0 Å². The first kappa shape index (κ1) is 9.83. The minimum Gasteiger partial charge on any atom is -0.294 e. The fourth-order valence-corrected chi connectivity index (χ4v) is 1.62. The molecule has 0 N–H and O–H groups in total. The van der Waals surface area contributed by atoms with Crippen molar-refractivity contribution >= 4 is 16.8 Å². The van der Waals surface area contributed by atoms with E-state index in [0.29, 0.717) is 5.56 Å². The van der Waals surface area contributed by atoms with E-state index in [2.05, 4.69) is 10.3 Å². The topological polar surface area (TPSA) is 47.8 Å². The molecule has 0 radical (unpaired) electrons. The number of carbonyl (C=O) groups is 1. The maximum Gasteiger partial charge on any atom is 0.167 e. The van der Waals surface area contributed by atoms with Gasteiger partial charge in [0.05, 0.1) is 5.52 Å². The van der Waals surface area contributed by atoms with Gasteiger partial charge >= 0.3 is 0 Å². The Morgan fingerprint density at radius 3 is 2.80 bits per heavy atom. The van der Waals surface area contributed by atoms with Gasteiger partial charge < -0.3 is 0 Å². The molecule has 0 aliphatic rings. The average Bonchev–Trinajstić information content (AvgIpc) is 2.59. The molecule has 0 saturated carbocycles. The molecule has 0 aliphatic heterocycles. The maximum absolute atomic E-state index is 11.9. The summed E-state index contributed by atoms with van der Waals surface area (Å²) >= 11 is 0. The van der Waals surface area contributed by atoms with Crippen LogP contribution >= 0.6 is 0 Å². The zero-order valence-corrected chi connectivity index (χ0v) is 9.06. The third-order valence-corrected chi connectivity index (χ3v) is 2.41. The number of benzene rings is 1. The zero-order valence-electron chi connectivity index (χ0n) is 9.06. The molecule has 4 nitrogen and oxygen atoms in total. The Balaban J connectivity index is 2.70. The quantitative estimate of drug-likeness (QED) is 0.699. The van der Waals surface area contributed by atoms with E-state index in [1.54, 1.807) is 11.7 Å². The number of aryl methyl sites for hydroxylation is 1. The van der Waals surface area contributed by atoms with Crippen LogP contribution in [-0.2, 0) is 7.05 Å². The summed E-state index contributed by atoms with van der Waals surface area (Å²) in [6, 6.07) is 5.53. The Kier molecular flexibility index (Phi) is 2.26. The molecule has 0 fully saturated rings. The number of rotatable bonds is 2. The lowest BCUT2D eigenvalue weighted by molar-refractivity contribution is 0.0940. The third-order valence-electron chi connectivity index (χ3n) is 2.41. The average molecular weight is 203 g/mol. The van der Waals surface area contributed by atoms with Gasteiger partial charge in [-0.1, -0.05) is 25.1 Å². The van der Waals surface area contributed by atoms with Crippen LogP contribution in [0, 0.1) is 5.92 Å². The first-order valence-corrected chi connectivity index (χ1v) is 4.94. The van der Waals surface area contributed by atoms with Crippen LogP contribution in [0.5, 0.6) is 0 Å². The van der Waals surface area contributed by atoms with E-state index >= 15 is 0 Å². The van der Waals surface area contributed by atoms with E-state index in [-0.39, 0.29) is 11.7 Å². The predicted molar refractivity (Wildman–Crippen MR) is 57.7 cm³/mol. The molecule has 0 unspecified atom stereocenters. The monoisotopic (exact) mass is 203 g/mol. The van der Waals surface area contributed by atoms with Gasteiger partial charge in [0.25, 0.3) is 0 Å². The summed E-state index contributed by atoms with van der Waals surface area (Å²) in [7, 11) is 1.80. The van der Waals surface area contributed by atoms with E-state index < -0.39 is 0 Å². The molecule has 0 aliphatic carbocycles. The van der Waals surface area contributed by atoms with E-state index in [0.717, 1.165) is 11.0 Å². The molecular weight excluding hydrogens is 190 g/mol. The van der Waals surface area contributed by atoms with Crippen molar-refractivity contribution in [3.05, 3.63) is 23.8 Å². The number of hydrogen-bond acceptors (Lipinski definition) is 3. The second kappa shape index (κ2) is 3.46. The molecule has 0 atom stereocenters. The third kappa shape index (κ3) is 1.52. The highest BCUT2D eigenvalue weighted by molar-refractivity contribution is 6.06. The summed E-state index contributed by atoms with van der Waals surface area (Å²) in [5, 5.41) is 7.89. The number of para-hydroxylation sites is 1. The molecule has 0 amide bonds. The van der Waals surface area contributed by atoms with Gasteiger partial charge in [0.2, 0.25) is 0 Å². The second-order valence-corrected chi connectivity index (χ2v) is 3.91. The highest BCUT2D eigenvalue weighted by atomic mass is 16.1. The second-order valence-electron chi connectivity index (χ2n) is 3.91. The standard InChI is InChI=1S/C11H13N3O/c1-7(2)11(15)8-5-4-6-9-10(8)14(3)13-12-9/h4-7H,1-3H3. The van der Waals surface area contributed by atoms with Gasteiger partial charge in [0, 0.05) is 18.5 Å². The normalized spacial score (nSPS) is 11.2. The van der Waals surface area contributed by atoms with Crippen molar-refractivity contribution in [2.24, 2.45) is 13.0 Å². The first-order chi connectivity index (χ1) is 7.11. The largest absolute Gasteiger partial charge is 0.294 e. The lowest BCUT2D eigenvalue weighted by atomic mass is 10.00. The molecule has 15 heavy (non-hydrogen) atoms. The van der Waals surface area contributed by atoms with Crippen LogP contribution in [-0.4, -0.2) is 20.8 Å². The van der Waals surface area contributed by atoms with E-state index in [1.165, 1.54) is 0 Å². The van der Waals surface area contributed by atoms with Gasteiger partial charge in [-0.15, -0.1) is 5.10 Å². The molecule has 1 heterocycles. The summed E-state index contributed by atoms with van der Waals surface area (Å²) in [5.41, 5.74) is 2.29. The molecule has 4 heteroatoms. The number of aromatic nitrogens is 3. The van der Waals surface area contributed by atoms with Crippen LogP contribution in [0.4, 0.5) is 0 Å². The SMILES string of the molecule is CC(C)C(=O)c1cccc2nnn(C)c12. The van der Waals surface area contributed by atoms with Crippen LogP contribution in [0.15, 0.2) is 18.2 Å². The van der Waals surface area contributed by atoms with Gasteiger partial charge in [0.15, 0.2) is 5.78 Å². The fraction of sp³-hybridized carbons (Fsp3) is 0.364. The lowest BCUT2D eigenvalue weighted by Crippen LogP contribution is -2.09. The fourth-order valence-electron chi connectivity index (χ4n) is 1.62. The van der Waals surface area contributed by atoms with E-state index in [4.69, 9.17) is 0 Å². The molecule has 1 aromatic carbocycles. The Labute approximate surface area is 87.9 Å². The molecule has 0 bridgehead atoms. The van der Waals surface area contributed by atoms with Gasteiger partial charge in [-0.25, -0.2) is 4.68 Å². The van der Waals surface area contributed by atoms with Gasteiger partial charge in [-0.3, -0.25) is 4.79 Å². The van der Waals surface area contributed by atoms with Crippen LogP contribution in [0.1, 0.15) is 24.2 Å². The van der Waals surface area contributed by atoms with Crippen LogP contribution in [0.25, 0.3) is 11.0 Å². The lowest BCUT2D eigenvalue weighted by Gasteiger charge is -2.05. The Morgan fingerprint density at radius 1 is 1.40 bits per heavy atom. The Bertz CT molecular complexity index is 514. The summed E-state index contributed by atoms with van der Waals surface area (Å²) in [6.45, 7) is 3.79. The van der Waals surface area contributed by atoms with Crippen LogP contribution in [0.2, 0.25) is 0 Å².